The predicted octanol–water partition coefficient (Wildman–Crippen LogP) is 2.90. The quantitative estimate of drug-likeness (QED) is 0.574. The minimum atomic E-state index is -1.70. The smallest absolute Gasteiger partial charge is 0.345 e. The topological polar surface area (TPSA) is 101 Å². The highest BCUT2D eigenvalue weighted by Crippen LogP contribution is 2.23. The number of ether oxygens (including phenoxy) is 1. The molecule has 2 rings (SSSR count). The largest absolute Gasteiger partial charge is 0.481 e. The van der Waals surface area contributed by atoms with Crippen molar-refractivity contribution < 1.29 is 29.3 Å². The minimum absolute atomic E-state index is 0.183. The molecule has 6 nitrogen and oxygen atoms in total. The Hall–Kier alpha value is -2.81. The van der Waals surface area contributed by atoms with Crippen LogP contribution in [-0.2, 0) is 20.7 Å². The molecular formula is C20H22O6. The van der Waals surface area contributed by atoms with Gasteiger partial charge in [-0.25, -0.2) is 9.59 Å². The van der Waals surface area contributed by atoms with Crippen LogP contribution in [0.3, 0.4) is 0 Å². The molecule has 1 atom stereocenters. The Morgan fingerprint density at radius 3 is 2.35 bits per heavy atom. The number of rotatable bonds is 7. The van der Waals surface area contributed by atoms with Gasteiger partial charge >= 0.3 is 17.9 Å². The van der Waals surface area contributed by atoms with Crippen LogP contribution in [0, 0.1) is 17.8 Å². The van der Waals surface area contributed by atoms with Crippen molar-refractivity contribution in [1.29, 1.82) is 0 Å². The summed E-state index contributed by atoms with van der Waals surface area (Å²) in [5.74, 6) is 3.36. The molecule has 0 spiro atoms. The van der Waals surface area contributed by atoms with Gasteiger partial charge in [0.2, 0.25) is 6.10 Å². The van der Waals surface area contributed by atoms with Crippen molar-refractivity contribution in [2.45, 2.75) is 51.0 Å². The van der Waals surface area contributed by atoms with Gasteiger partial charge in [-0.2, -0.15) is 0 Å². The highest BCUT2D eigenvalue weighted by Gasteiger charge is 2.25. The normalized spacial score (nSPS) is 14.9. The van der Waals surface area contributed by atoms with Gasteiger partial charge < -0.3 is 14.9 Å². The Kier molecular flexibility index (Phi) is 7.22. The van der Waals surface area contributed by atoms with Gasteiger partial charge in [0.1, 0.15) is 0 Å². The van der Waals surface area contributed by atoms with Gasteiger partial charge in [-0.1, -0.05) is 30.9 Å². The van der Waals surface area contributed by atoms with Crippen LogP contribution in [0.4, 0.5) is 0 Å². The van der Waals surface area contributed by atoms with Crippen molar-refractivity contribution in [3.8, 4) is 11.8 Å². The maximum absolute atomic E-state index is 12.0. The van der Waals surface area contributed by atoms with E-state index >= 15 is 0 Å². The molecule has 0 heterocycles. The fourth-order valence-corrected chi connectivity index (χ4v) is 2.84. The third-order valence-electron chi connectivity index (χ3n) is 4.27. The fraction of sp³-hybridized carbons (Fsp3) is 0.450. The first-order valence-corrected chi connectivity index (χ1v) is 8.68. The number of hydrogen-bond donors (Lipinski definition) is 2. The van der Waals surface area contributed by atoms with E-state index < -0.39 is 30.4 Å². The summed E-state index contributed by atoms with van der Waals surface area (Å²) in [6, 6.07) is 6.62. The van der Waals surface area contributed by atoms with Gasteiger partial charge in [0.25, 0.3) is 0 Å². The molecule has 1 saturated carbocycles. The summed E-state index contributed by atoms with van der Waals surface area (Å²) in [6.07, 6.45) is 3.97. The highest BCUT2D eigenvalue weighted by atomic mass is 16.6. The summed E-state index contributed by atoms with van der Waals surface area (Å²) in [4.78, 5) is 33.5. The van der Waals surface area contributed by atoms with Gasteiger partial charge in [0, 0.05) is 12.3 Å². The SMILES string of the molecule is O=C(O)CC(OC(=O)c1ccc(CCC#CC2CCCC2)cc1)C(=O)O. The first-order valence-electron chi connectivity index (χ1n) is 8.68. The van der Waals surface area contributed by atoms with E-state index in [1.54, 1.807) is 24.3 Å². The lowest BCUT2D eigenvalue weighted by Gasteiger charge is -2.11. The van der Waals surface area contributed by atoms with Crippen LogP contribution in [-0.4, -0.2) is 34.2 Å². The summed E-state index contributed by atoms with van der Waals surface area (Å²) in [7, 11) is 0. The second-order valence-corrected chi connectivity index (χ2v) is 6.33. The monoisotopic (exact) mass is 358 g/mol. The fourth-order valence-electron chi connectivity index (χ4n) is 2.84. The number of benzene rings is 1. The zero-order valence-corrected chi connectivity index (χ0v) is 14.4. The third-order valence-corrected chi connectivity index (χ3v) is 4.27. The zero-order chi connectivity index (χ0) is 18.9. The highest BCUT2D eigenvalue weighted by molar-refractivity contribution is 5.92. The molecule has 1 aliphatic rings. The molecule has 1 unspecified atom stereocenters. The van der Waals surface area contributed by atoms with E-state index in [9.17, 15) is 14.4 Å². The molecule has 6 heteroatoms. The molecule has 0 aliphatic heterocycles. The van der Waals surface area contributed by atoms with Gasteiger partial charge in [-0.15, -0.1) is 5.92 Å². The number of aryl methyl sites for hydroxylation is 1. The van der Waals surface area contributed by atoms with Crippen molar-refractivity contribution in [1.82, 2.24) is 0 Å². The molecule has 138 valence electrons. The van der Waals surface area contributed by atoms with E-state index in [4.69, 9.17) is 14.9 Å². The summed E-state index contributed by atoms with van der Waals surface area (Å²) in [5, 5.41) is 17.6. The molecule has 0 amide bonds. The Balaban J connectivity index is 1.86. The van der Waals surface area contributed by atoms with E-state index in [2.05, 4.69) is 11.8 Å². The second-order valence-electron chi connectivity index (χ2n) is 6.33. The van der Waals surface area contributed by atoms with Crippen LogP contribution in [0.25, 0.3) is 0 Å². The van der Waals surface area contributed by atoms with Gasteiger partial charge in [-0.05, 0) is 37.0 Å². The van der Waals surface area contributed by atoms with Crippen LogP contribution in [0.15, 0.2) is 24.3 Å². The summed E-state index contributed by atoms with van der Waals surface area (Å²) in [6.45, 7) is 0. The molecule has 0 saturated heterocycles. The number of carboxylic acids is 2. The van der Waals surface area contributed by atoms with Crippen molar-refractivity contribution in [2.75, 3.05) is 0 Å². The molecule has 1 fully saturated rings. The van der Waals surface area contributed by atoms with Crippen LogP contribution in [0.5, 0.6) is 0 Å². The maximum Gasteiger partial charge on any atom is 0.345 e. The Morgan fingerprint density at radius 1 is 1.12 bits per heavy atom. The molecule has 1 aromatic carbocycles. The van der Waals surface area contributed by atoms with E-state index in [0.717, 1.165) is 18.4 Å². The lowest BCUT2D eigenvalue weighted by molar-refractivity contribution is -0.153. The summed E-state index contributed by atoms with van der Waals surface area (Å²) < 4.78 is 4.76. The maximum atomic E-state index is 12.0. The number of esters is 1. The molecule has 0 bridgehead atoms. The Bertz CT molecular complexity index is 704. The van der Waals surface area contributed by atoms with Gasteiger partial charge in [-0.3, -0.25) is 4.79 Å². The Morgan fingerprint density at radius 2 is 1.77 bits per heavy atom. The van der Waals surface area contributed by atoms with Crippen molar-refractivity contribution in [3.63, 3.8) is 0 Å². The molecule has 0 aromatic heterocycles. The third kappa shape index (κ3) is 6.25. The average Bonchev–Trinajstić information content (AvgIpc) is 3.11. The van der Waals surface area contributed by atoms with Crippen LogP contribution < -0.4 is 0 Å². The summed E-state index contributed by atoms with van der Waals surface area (Å²) >= 11 is 0. The number of carbonyl (C=O) groups is 3. The van der Waals surface area contributed by atoms with E-state index in [-0.39, 0.29) is 5.56 Å². The van der Waals surface area contributed by atoms with Gasteiger partial charge in [0.15, 0.2) is 0 Å². The zero-order valence-electron chi connectivity index (χ0n) is 14.4. The molecule has 26 heavy (non-hydrogen) atoms. The molecule has 1 aromatic rings. The van der Waals surface area contributed by atoms with Crippen LogP contribution >= 0.6 is 0 Å². The molecule has 1 aliphatic carbocycles. The molecule has 0 radical (unpaired) electrons. The first kappa shape index (κ1) is 19.5. The van der Waals surface area contributed by atoms with E-state index in [1.807, 2.05) is 0 Å². The van der Waals surface area contributed by atoms with Crippen LogP contribution in [0.1, 0.15) is 54.4 Å². The first-order chi connectivity index (χ1) is 12.5. The van der Waals surface area contributed by atoms with Crippen molar-refractivity contribution >= 4 is 17.9 Å². The average molecular weight is 358 g/mol. The number of carbonyl (C=O) groups excluding carboxylic acids is 1. The van der Waals surface area contributed by atoms with Crippen molar-refractivity contribution in [2.24, 2.45) is 5.92 Å². The number of hydrogen-bond acceptors (Lipinski definition) is 4. The number of carboxylic acid groups (broad SMARTS) is 2. The van der Waals surface area contributed by atoms with E-state index in [0.29, 0.717) is 5.92 Å². The predicted molar refractivity (Wildman–Crippen MR) is 93.6 cm³/mol. The molecule has 2 N–H and O–H groups in total. The Labute approximate surface area is 152 Å². The minimum Gasteiger partial charge on any atom is -0.481 e. The van der Waals surface area contributed by atoms with Crippen molar-refractivity contribution in [3.05, 3.63) is 35.4 Å². The standard InChI is InChI=1S/C20H22O6/c21-18(22)13-17(19(23)24)26-20(25)16-11-9-15(10-12-16)8-4-3-7-14-5-1-2-6-14/h9-12,14,17H,1-2,4-6,8,13H2,(H,21,22)(H,23,24). The lowest BCUT2D eigenvalue weighted by Crippen LogP contribution is -2.29. The number of aliphatic carboxylic acids is 2. The summed E-state index contributed by atoms with van der Waals surface area (Å²) in [5.41, 5.74) is 1.20. The van der Waals surface area contributed by atoms with Crippen LogP contribution in [0.2, 0.25) is 0 Å². The van der Waals surface area contributed by atoms with Gasteiger partial charge in [0.05, 0.1) is 12.0 Å². The second kappa shape index (κ2) is 9.62. The lowest BCUT2D eigenvalue weighted by atomic mass is 10.1. The molecular weight excluding hydrogens is 336 g/mol. The van der Waals surface area contributed by atoms with E-state index in [1.165, 1.54) is 25.7 Å².